The zero-order chi connectivity index (χ0) is 15.7. The van der Waals surface area contributed by atoms with Gasteiger partial charge in [0.1, 0.15) is 0 Å². The molecule has 0 aromatic carbocycles. The average Bonchev–Trinajstić information content (AvgIpc) is 2.75. The molecule has 1 aliphatic heterocycles. The molecule has 0 bridgehead atoms. The van der Waals surface area contributed by atoms with Gasteiger partial charge in [-0.2, -0.15) is 0 Å². The molecule has 112 valence electrons. The van der Waals surface area contributed by atoms with Crippen LogP contribution < -0.4 is 5.32 Å². The van der Waals surface area contributed by atoms with Gasteiger partial charge in [0, 0.05) is 12.4 Å². The first-order chi connectivity index (χ1) is 10.5. The number of aromatic nitrogens is 2. The Kier molecular flexibility index (Phi) is 3.54. The van der Waals surface area contributed by atoms with Gasteiger partial charge in [0.05, 0.1) is 23.0 Å². The molecule has 3 amide bonds. The van der Waals surface area contributed by atoms with Gasteiger partial charge < -0.3 is 5.32 Å². The van der Waals surface area contributed by atoms with Crippen LogP contribution in [0.1, 0.15) is 18.3 Å². The second-order valence-corrected chi connectivity index (χ2v) is 5.57. The second-order valence-electron chi connectivity index (χ2n) is 5.13. The summed E-state index contributed by atoms with van der Waals surface area (Å²) in [5.41, 5.74) is -0.0804. The van der Waals surface area contributed by atoms with Crippen molar-refractivity contribution in [2.45, 2.75) is 19.0 Å². The van der Waals surface area contributed by atoms with Crippen LogP contribution in [0.3, 0.4) is 0 Å². The van der Waals surface area contributed by atoms with Crippen LogP contribution in [0.5, 0.6) is 0 Å². The van der Waals surface area contributed by atoms with E-state index in [1.165, 1.54) is 6.20 Å². The van der Waals surface area contributed by atoms with Crippen molar-refractivity contribution >= 4 is 23.5 Å². The van der Waals surface area contributed by atoms with Crippen molar-refractivity contribution in [1.29, 1.82) is 0 Å². The lowest BCUT2D eigenvalue weighted by atomic mass is 9.97. The molecule has 0 unspecified atom stereocenters. The molecule has 3 heterocycles. The molecule has 22 heavy (non-hydrogen) atoms. The fourth-order valence-corrected chi connectivity index (χ4v) is 2.45. The van der Waals surface area contributed by atoms with Gasteiger partial charge >= 0.3 is 6.03 Å². The van der Waals surface area contributed by atoms with E-state index in [1.807, 2.05) is 0 Å². The van der Waals surface area contributed by atoms with Crippen molar-refractivity contribution < 1.29 is 9.59 Å². The van der Waals surface area contributed by atoms with Crippen LogP contribution in [-0.4, -0.2) is 26.8 Å². The molecule has 1 atom stereocenters. The van der Waals surface area contributed by atoms with Crippen LogP contribution in [0.2, 0.25) is 5.02 Å². The maximum atomic E-state index is 12.7. The predicted molar refractivity (Wildman–Crippen MR) is 79.9 cm³/mol. The Morgan fingerprint density at radius 2 is 2.05 bits per heavy atom. The van der Waals surface area contributed by atoms with Gasteiger partial charge in [-0.15, -0.1) is 0 Å². The number of nitrogens with zero attached hydrogens (tertiary/aromatic N) is 3. The second kappa shape index (κ2) is 5.38. The fourth-order valence-electron chi connectivity index (χ4n) is 2.33. The summed E-state index contributed by atoms with van der Waals surface area (Å²) in [6.45, 7) is 1.73. The number of imide groups is 1. The Hall–Kier alpha value is -2.47. The zero-order valence-corrected chi connectivity index (χ0v) is 12.5. The third kappa shape index (κ3) is 2.42. The Labute approximate surface area is 132 Å². The maximum absolute atomic E-state index is 12.7. The van der Waals surface area contributed by atoms with Crippen LogP contribution in [0.25, 0.3) is 0 Å². The van der Waals surface area contributed by atoms with E-state index in [9.17, 15) is 9.59 Å². The normalized spacial score (nSPS) is 21.1. The lowest BCUT2D eigenvalue weighted by Gasteiger charge is -2.20. The van der Waals surface area contributed by atoms with Gasteiger partial charge in [-0.25, -0.2) is 4.79 Å². The summed E-state index contributed by atoms with van der Waals surface area (Å²) in [5.74, 6) is -0.354. The zero-order valence-electron chi connectivity index (χ0n) is 11.8. The molecule has 1 saturated heterocycles. The lowest BCUT2D eigenvalue weighted by Crippen LogP contribution is -2.41. The first-order valence-electron chi connectivity index (χ1n) is 6.67. The average molecular weight is 317 g/mol. The Bertz CT molecular complexity index is 720. The van der Waals surface area contributed by atoms with E-state index in [0.29, 0.717) is 16.4 Å². The van der Waals surface area contributed by atoms with Crippen molar-refractivity contribution in [2.75, 3.05) is 0 Å². The summed E-state index contributed by atoms with van der Waals surface area (Å²) < 4.78 is 0. The van der Waals surface area contributed by atoms with E-state index in [-0.39, 0.29) is 12.5 Å². The molecular weight excluding hydrogens is 304 g/mol. The molecule has 0 aliphatic carbocycles. The third-order valence-electron chi connectivity index (χ3n) is 3.56. The number of pyridine rings is 2. The van der Waals surface area contributed by atoms with E-state index in [2.05, 4.69) is 15.3 Å². The van der Waals surface area contributed by atoms with Crippen molar-refractivity contribution in [3.05, 3.63) is 59.1 Å². The van der Waals surface area contributed by atoms with Crippen LogP contribution in [0, 0.1) is 0 Å². The summed E-state index contributed by atoms with van der Waals surface area (Å²) in [5, 5.41) is 3.20. The minimum atomic E-state index is -1.16. The van der Waals surface area contributed by atoms with E-state index in [4.69, 9.17) is 11.6 Å². The van der Waals surface area contributed by atoms with Gasteiger partial charge in [-0.05, 0) is 31.2 Å². The van der Waals surface area contributed by atoms with E-state index in [1.54, 1.807) is 43.5 Å². The van der Waals surface area contributed by atoms with Gasteiger partial charge in [0.2, 0.25) is 0 Å². The highest BCUT2D eigenvalue weighted by Gasteiger charge is 2.49. The molecule has 0 radical (unpaired) electrons. The van der Waals surface area contributed by atoms with Crippen molar-refractivity contribution in [2.24, 2.45) is 0 Å². The van der Waals surface area contributed by atoms with Crippen LogP contribution in [-0.2, 0) is 16.9 Å². The lowest BCUT2D eigenvalue weighted by molar-refractivity contribution is -0.131. The minimum Gasteiger partial charge on any atom is -0.318 e. The van der Waals surface area contributed by atoms with E-state index in [0.717, 1.165) is 4.90 Å². The fraction of sp³-hybridized carbons (Fsp3) is 0.200. The number of carbonyl (C=O) groups is 2. The Morgan fingerprint density at radius 3 is 2.68 bits per heavy atom. The highest BCUT2D eigenvalue weighted by atomic mass is 35.5. The number of rotatable bonds is 3. The topological polar surface area (TPSA) is 75.2 Å². The van der Waals surface area contributed by atoms with Crippen LogP contribution >= 0.6 is 11.6 Å². The summed E-state index contributed by atoms with van der Waals surface area (Å²) in [4.78, 5) is 34.2. The highest BCUT2D eigenvalue weighted by molar-refractivity contribution is 6.30. The molecule has 2 aromatic heterocycles. The smallest absolute Gasteiger partial charge is 0.318 e. The molecule has 1 fully saturated rings. The van der Waals surface area contributed by atoms with Gasteiger partial charge in [-0.1, -0.05) is 17.7 Å². The minimum absolute atomic E-state index is 0.0876. The van der Waals surface area contributed by atoms with Gasteiger partial charge in [-0.3, -0.25) is 19.7 Å². The Balaban J connectivity index is 1.87. The molecule has 6 nitrogen and oxygen atoms in total. The summed E-state index contributed by atoms with van der Waals surface area (Å²) in [6.07, 6.45) is 3.07. The largest absolute Gasteiger partial charge is 0.325 e. The Morgan fingerprint density at radius 1 is 1.23 bits per heavy atom. The number of hydrogen-bond donors (Lipinski definition) is 1. The third-order valence-corrected chi connectivity index (χ3v) is 3.78. The SMILES string of the molecule is C[C@]1(c2ccccn2)NC(=O)N(Cc2ccc(Cl)cn2)C1=O. The van der Waals surface area contributed by atoms with E-state index < -0.39 is 11.6 Å². The first-order valence-corrected chi connectivity index (χ1v) is 7.04. The molecule has 1 aliphatic rings. The molecule has 0 saturated carbocycles. The number of urea groups is 1. The quantitative estimate of drug-likeness (QED) is 0.880. The van der Waals surface area contributed by atoms with E-state index >= 15 is 0 Å². The predicted octanol–water partition coefficient (Wildman–Crippen LogP) is 2.10. The number of halogens is 1. The molecule has 7 heteroatoms. The summed E-state index contributed by atoms with van der Waals surface area (Å²) >= 11 is 5.78. The number of hydrogen-bond acceptors (Lipinski definition) is 4. The standard InChI is InChI=1S/C15H13ClN4O2/c1-15(12-4-2-3-7-17-12)13(21)20(14(22)19-15)9-11-6-5-10(16)8-18-11/h2-8H,9H2,1H3,(H,19,22)/t15-/m1/s1. The monoisotopic (exact) mass is 316 g/mol. The van der Waals surface area contributed by atoms with Crippen LogP contribution in [0.4, 0.5) is 4.79 Å². The maximum Gasteiger partial charge on any atom is 0.325 e. The van der Waals surface area contributed by atoms with Crippen molar-refractivity contribution in [3.8, 4) is 0 Å². The van der Waals surface area contributed by atoms with Crippen LogP contribution in [0.15, 0.2) is 42.7 Å². The molecule has 0 spiro atoms. The van der Waals surface area contributed by atoms with Gasteiger partial charge in [0.25, 0.3) is 5.91 Å². The first kappa shape index (κ1) is 14.5. The summed E-state index contributed by atoms with van der Waals surface area (Å²) in [7, 11) is 0. The molecule has 2 aromatic rings. The highest BCUT2D eigenvalue weighted by Crippen LogP contribution is 2.28. The number of amides is 3. The molecule has 1 N–H and O–H groups in total. The van der Waals surface area contributed by atoms with Gasteiger partial charge in [0.15, 0.2) is 5.54 Å². The van der Waals surface area contributed by atoms with Crippen molar-refractivity contribution in [3.63, 3.8) is 0 Å². The molecular formula is C15H13ClN4O2. The molecule has 3 rings (SSSR count). The summed E-state index contributed by atoms with van der Waals surface area (Å²) in [6, 6.07) is 8.12. The van der Waals surface area contributed by atoms with Crippen molar-refractivity contribution in [1.82, 2.24) is 20.2 Å². The number of carbonyl (C=O) groups excluding carboxylic acids is 2. The number of nitrogens with one attached hydrogen (secondary N) is 1.